The molecule has 0 N–H and O–H groups in total. The van der Waals surface area contributed by atoms with Crippen LogP contribution in [0.4, 0.5) is 17.6 Å². The van der Waals surface area contributed by atoms with Crippen molar-refractivity contribution in [3.05, 3.63) is 0 Å². The van der Waals surface area contributed by atoms with Crippen LogP contribution in [0.2, 0.25) is 0 Å². The maximum Gasteiger partial charge on any atom is 0.377 e. The highest BCUT2D eigenvalue weighted by atomic mass is 19.3. The van der Waals surface area contributed by atoms with E-state index in [1.165, 1.54) is 0 Å². The van der Waals surface area contributed by atoms with Crippen molar-refractivity contribution in [2.45, 2.75) is 128 Å². The van der Waals surface area contributed by atoms with E-state index in [1.807, 2.05) is 6.92 Å². The first-order valence-electron chi connectivity index (χ1n) is 14.1. The third-order valence-corrected chi connectivity index (χ3v) is 6.61. The van der Waals surface area contributed by atoms with Crippen molar-refractivity contribution >= 4 is 23.9 Å². The highest BCUT2D eigenvalue weighted by Crippen LogP contribution is 2.35. The quantitative estimate of drug-likeness (QED) is 0.136. The molecule has 0 bridgehead atoms. The van der Waals surface area contributed by atoms with Gasteiger partial charge in [0.2, 0.25) is 0 Å². The van der Waals surface area contributed by atoms with Crippen molar-refractivity contribution in [3.8, 4) is 23.7 Å². The molecular formula is C30H40F4O8. The van der Waals surface area contributed by atoms with Gasteiger partial charge < -0.3 is 18.9 Å². The lowest BCUT2D eigenvalue weighted by atomic mass is 9.81. The van der Waals surface area contributed by atoms with Crippen LogP contribution in [0.25, 0.3) is 0 Å². The first-order valence-corrected chi connectivity index (χ1v) is 14.1. The Balaban J connectivity index is 0.000000422. The SMILES string of the molecule is CC#CC#CC1(OC(=O)COC(=O)C(C)(F)F)CCCCC1.CCCC1(OC(=O)COC(=O)C(C)(F)F)CCCCC1. The number of alkyl halides is 4. The fourth-order valence-electron chi connectivity index (χ4n) is 4.66. The molecule has 42 heavy (non-hydrogen) atoms. The average Bonchev–Trinajstić information content (AvgIpc) is 2.91. The minimum absolute atomic E-state index is 0.401. The monoisotopic (exact) mass is 604 g/mol. The number of halogens is 4. The smallest absolute Gasteiger partial charge is 0.377 e. The second-order valence-electron chi connectivity index (χ2n) is 10.6. The Hall–Kier alpha value is -3.28. The predicted octanol–water partition coefficient (Wildman–Crippen LogP) is 5.69. The minimum Gasteiger partial charge on any atom is -0.457 e. The second kappa shape index (κ2) is 17.0. The molecule has 12 heteroatoms. The Morgan fingerprint density at radius 2 is 1.17 bits per heavy atom. The van der Waals surface area contributed by atoms with E-state index in [2.05, 4.69) is 33.2 Å². The van der Waals surface area contributed by atoms with Gasteiger partial charge in [-0.15, -0.1) is 0 Å². The Bertz CT molecular complexity index is 1040. The second-order valence-corrected chi connectivity index (χ2v) is 10.6. The number of ether oxygens (including phenoxy) is 4. The van der Waals surface area contributed by atoms with Crippen molar-refractivity contribution < 1.29 is 55.7 Å². The summed E-state index contributed by atoms with van der Waals surface area (Å²) in [6, 6.07) is 0. The highest BCUT2D eigenvalue weighted by Gasteiger charge is 2.39. The maximum absolute atomic E-state index is 12.6. The molecule has 0 heterocycles. The van der Waals surface area contributed by atoms with Gasteiger partial charge in [0.15, 0.2) is 18.8 Å². The van der Waals surface area contributed by atoms with E-state index in [1.54, 1.807) is 6.92 Å². The van der Waals surface area contributed by atoms with E-state index in [9.17, 15) is 36.7 Å². The lowest BCUT2D eigenvalue weighted by Crippen LogP contribution is -2.39. The van der Waals surface area contributed by atoms with Gasteiger partial charge >= 0.3 is 35.7 Å². The third-order valence-electron chi connectivity index (χ3n) is 6.61. The Morgan fingerprint density at radius 1 is 0.714 bits per heavy atom. The van der Waals surface area contributed by atoms with Crippen LogP contribution in [0.3, 0.4) is 0 Å². The number of carbonyl (C=O) groups is 4. The predicted molar refractivity (Wildman–Crippen MR) is 143 cm³/mol. The number of esters is 4. The van der Waals surface area contributed by atoms with Crippen LogP contribution >= 0.6 is 0 Å². The van der Waals surface area contributed by atoms with E-state index in [0.29, 0.717) is 26.7 Å². The van der Waals surface area contributed by atoms with Gasteiger partial charge in [-0.1, -0.05) is 32.1 Å². The molecule has 0 aliphatic heterocycles. The summed E-state index contributed by atoms with van der Waals surface area (Å²) in [6.07, 6.45) is 10.1. The summed E-state index contributed by atoms with van der Waals surface area (Å²) < 4.78 is 69.7. The Labute approximate surface area is 244 Å². The fourth-order valence-corrected chi connectivity index (χ4v) is 4.66. The lowest BCUT2D eigenvalue weighted by molar-refractivity contribution is -0.182. The van der Waals surface area contributed by atoms with Crippen molar-refractivity contribution in [2.24, 2.45) is 0 Å². The Morgan fingerprint density at radius 3 is 1.60 bits per heavy atom. The Kier molecular flexibility index (Phi) is 14.9. The largest absolute Gasteiger partial charge is 0.457 e. The average molecular weight is 605 g/mol. The van der Waals surface area contributed by atoms with E-state index >= 15 is 0 Å². The molecule has 2 saturated carbocycles. The molecule has 0 aromatic carbocycles. The summed E-state index contributed by atoms with van der Waals surface area (Å²) >= 11 is 0. The van der Waals surface area contributed by atoms with Gasteiger partial charge in [-0.2, -0.15) is 17.6 Å². The zero-order chi connectivity index (χ0) is 31.9. The maximum atomic E-state index is 12.6. The summed E-state index contributed by atoms with van der Waals surface area (Å²) in [5.74, 6) is -1.69. The molecule has 0 aromatic heterocycles. The van der Waals surface area contributed by atoms with Crippen LogP contribution in [0.5, 0.6) is 0 Å². The molecule has 0 spiro atoms. The van der Waals surface area contributed by atoms with Gasteiger partial charge in [-0.3, -0.25) is 0 Å². The molecule has 8 nitrogen and oxygen atoms in total. The molecule has 0 amide bonds. The number of hydrogen-bond donors (Lipinski definition) is 0. The van der Waals surface area contributed by atoms with E-state index in [-0.39, 0.29) is 0 Å². The standard InChI is InChI=1S/C16H18F2O4.C14H22F2O4/c1-3-4-6-9-16(10-7-5-8-11-16)22-13(19)12-21-14(20)15(2,17)18;1-3-7-14(8-5-4-6-9-14)20-11(17)10-19-12(18)13(2,15)16/h5,7-8,10-12H2,1-2H3;3-10H2,1-2H3. The molecule has 236 valence electrons. The summed E-state index contributed by atoms with van der Waals surface area (Å²) in [6.45, 7) is 2.86. The van der Waals surface area contributed by atoms with Crippen molar-refractivity contribution in [1.82, 2.24) is 0 Å². The number of hydrogen-bond acceptors (Lipinski definition) is 8. The minimum atomic E-state index is -3.64. The highest BCUT2D eigenvalue weighted by molar-refractivity contribution is 5.81. The van der Waals surface area contributed by atoms with E-state index < -0.39 is 60.1 Å². The van der Waals surface area contributed by atoms with Crippen molar-refractivity contribution in [2.75, 3.05) is 13.2 Å². The third kappa shape index (κ3) is 13.6. The van der Waals surface area contributed by atoms with E-state index in [4.69, 9.17) is 9.47 Å². The summed E-state index contributed by atoms with van der Waals surface area (Å²) in [7, 11) is 0. The van der Waals surface area contributed by atoms with Crippen molar-refractivity contribution in [3.63, 3.8) is 0 Å². The normalized spacial score (nSPS) is 17.3. The first-order chi connectivity index (χ1) is 19.6. The molecule has 2 rings (SSSR count). The fraction of sp³-hybridized carbons (Fsp3) is 0.733. The molecule has 2 fully saturated rings. The molecule has 2 aliphatic rings. The number of rotatable bonds is 10. The zero-order valence-corrected chi connectivity index (χ0v) is 24.7. The lowest BCUT2D eigenvalue weighted by Gasteiger charge is -2.36. The zero-order valence-electron chi connectivity index (χ0n) is 24.7. The van der Waals surface area contributed by atoms with Crippen LogP contribution in [0.15, 0.2) is 0 Å². The van der Waals surface area contributed by atoms with Crippen LogP contribution in [-0.4, -0.2) is 60.1 Å². The topological polar surface area (TPSA) is 105 Å². The molecule has 0 unspecified atom stereocenters. The molecule has 2 aliphatic carbocycles. The van der Waals surface area contributed by atoms with Gasteiger partial charge in [0, 0.05) is 13.8 Å². The first kappa shape index (κ1) is 36.7. The summed E-state index contributed by atoms with van der Waals surface area (Å²) in [5.41, 5.74) is -1.48. The van der Waals surface area contributed by atoms with Gasteiger partial charge in [-0.05, 0) is 82.5 Å². The number of carbonyl (C=O) groups excluding carboxylic acids is 4. The summed E-state index contributed by atoms with van der Waals surface area (Å²) in [4.78, 5) is 45.2. The van der Waals surface area contributed by atoms with E-state index in [0.717, 1.165) is 64.2 Å². The van der Waals surface area contributed by atoms with Gasteiger partial charge in [0.1, 0.15) is 5.60 Å². The van der Waals surface area contributed by atoms with Crippen LogP contribution in [0.1, 0.15) is 105 Å². The summed E-state index contributed by atoms with van der Waals surface area (Å²) in [5, 5.41) is 0. The van der Waals surface area contributed by atoms with Crippen molar-refractivity contribution in [1.29, 1.82) is 0 Å². The van der Waals surface area contributed by atoms with Crippen LogP contribution in [0, 0.1) is 23.7 Å². The van der Waals surface area contributed by atoms with Crippen LogP contribution < -0.4 is 0 Å². The molecular weight excluding hydrogens is 564 g/mol. The van der Waals surface area contributed by atoms with Gasteiger partial charge in [0.05, 0.1) is 0 Å². The van der Waals surface area contributed by atoms with Gasteiger partial charge in [0.25, 0.3) is 0 Å². The molecule has 0 radical (unpaired) electrons. The molecule has 0 aromatic rings. The van der Waals surface area contributed by atoms with Crippen LogP contribution in [-0.2, 0) is 38.1 Å². The molecule has 0 atom stereocenters. The molecule has 0 saturated heterocycles. The van der Waals surface area contributed by atoms with Gasteiger partial charge in [-0.25, -0.2) is 19.2 Å².